The molecular weight excluding hydrogens is 412 g/mol. The van der Waals surface area contributed by atoms with Crippen molar-refractivity contribution in [1.82, 2.24) is 19.2 Å². The Labute approximate surface area is 173 Å². The predicted octanol–water partition coefficient (Wildman–Crippen LogP) is 1.10. The molecule has 1 atom stereocenters. The fourth-order valence-electron chi connectivity index (χ4n) is 4.00. The van der Waals surface area contributed by atoms with Gasteiger partial charge >= 0.3 is 0 Å². The molecule has 2 aromatic rings. The Kier molecular flexibility index (Phi) is 5.58. The number of nitrogens with zero attached hydrogens (tertiary/aromatic N) is 3. The number of nitrogens with one attached hydrogen (secondary N) is 1. The minimum atomic E-state index is -3.34. The van der Waals surface area contributed by atoms with Gasteiger partial charge in [-0.15, -0.1) is 11.3 Å². The van der Waals surface area contributed by atoms with Crippen molar-refractivity contribution in [3.63, 3.8) is 0 Å². The van der Waals surface area contributed by atoms with E-state index in [-0.39, 0.29) is 23.9 Å². The molecule has 0 bridgehead atoms. The van der Waals surface area contributed by atoms with Gasteiger partial charge in [0.05, 0.1) is 23.9 Å². The molecule has 1 N–H and O–H groups in total. The lowest BCUT2D eigenvalue weighted by atomic mass is 9.96. The van der Waals surface area contributed by atoms with Crippen LogP contribution < -0.4 is 5.56 Å². The van der Waals surface area contributed by atoms with Crippen molar-refractivity contribution in [2.45, 2.75) is 38.1 Å². The molecule has 1 saturated heterocycles. The van der Waals surface area contributed by atoms with Gasteiger partial charge in [0.25, 0.3) is 5.56 Å². The zero-order valence-corrected chi connectivity index (χ0v) is 17.9. The van der Waals surface area contributed by atoms with Crippen LogP contribution in [0.4, 0.5) is 0 Å². The first-order valence-corrected chi connectivity index (χ1v) is 12.4. The number of rotatable bonds is 4. The SMILES string of the molecule is CS(=O)(=O)N1CCc2nc(C3CCCN(C(=O)Cc4cccs4)C3)[nH]c(=O)c2C1. The smallest absolute Gasteiger partial charge is 0.255 e. The molecule has 29 heavy (non-hydrogen) atoms. The molecule has 0 spiro atoms. The maximum Gasteiger partial charge on any atom is 0.255 e. The number of hydrogen-bond acceptors (Lipinski definition) is 6. The van der Waals surface area contributed by atoms with E-state index in [1.165, 1.54) is 4.31 Å². The molecule has 1 amide bonds. The Morgan fingerprint density at radius 1 is 1.38 bits per heavy atom. The van der Waals surface area contributed by atoms with E-state index in [1.54, 1.807) is 11.3 Å². The molecule has 156 valence electrons. The van der Waals surface area contributed by atoms with Crippen LogP contribution in [0.25, 0.3) is 0 Å². The Hall–Kier alpha value is -2.04. The summed E-state index contributed by atoms with van der Waals surface area (Å²) in [5, 5.41) is 1.97. The van der Waals surface area contributed by atoms with Gasteiger partial charge in [0.1, 0.15) is 5.82 Å². The Bertz CT molecular complexity index is 1060. The molecule has 4 rings (SSSR count). The zero-order chi connectivity index (χ0) is 20.6. The third-order valence-corrected chi connectivity index (χ3v) is 7.71. The first kappa shape index (κ1) is 20.2. The summed E-state index contributed by atoms with van der Waals surface area (Å²) in [6.45, 7) is 1.66. The summed E-state index contributed by atoms with van der Waals surface area (Å²) in [4.78, 5) is 35.7. The summed E-state index contributed by atoms with van der Waals surface area (Å²) < 4.78 is 24.9. The second kappa shape index (κ2) is 8.00. The van der Waals surface area contributed by atoms with E-state index in [0.717, 1.165) is 30.5 Å². The van der Waals surface area contributed by atoms with Gasteiger partial charge in [0.15, 0.2) is 0 Å². The van der Waals surface area contributed by atoms with Crippen molar-refractivity contribution in [2.75, 3.05) is 25.9 Å². The summed E-state index contributed by atoms with van der Waals surface area (Å²) in [6.07, 6.45) is 3.70. The number of aromatic nitrogens is 2. The summed E-state index contributed by atoms with van der Waals surface area (Å²) in [6, 6.07) is 3.91. The first-order valence-electron chi connectivity index (χ1n) is 9.68. The highest BCUT2D eigenvalue weighted by Crippen LogP contribution is 2.26. The van der Waals surface area contributed by atoms with Crippen LogP contribution in [-0.2, 0) is 34.2 Å². The van der Waals surface area contributed by atoms with Crippen molar-refractivity contribution in [3.8, 4) is 0 Å². The molecule has 1 fully saturated rings. The van der Waals surface area contributed by atoms with Crippen molar-refractivity contribution < 1.29 is 13.2 Å². The van der Waals surface area contributed by atoms with Crippen LogP contribution >= 0.6 is 11.3 Å². The summed E-state index contributed by atoms with van der Waals surface area (Å²) in [7, 11) is -3.34. The van der Waals surface area contributed by atoms with Crippen LogP contribution in [0.2, 0.25) is 0 Å². The van der Waals surface area contributed by atoms with Crippen molar-refractivity contribution in [3.05, 3.63) is 49.8 Å². The number of thiophene rings is 1. The number of aromatic amines is 1. The summed E-state index contributed by atoms with van der Waals surface area (Å²) in [5.74, 6) is 0.693. The van der Waals surface area contributed by atoms with Gasteiger partial charge in [-0.05, 0) is 24.3 Å². The molecule has 4 heterocycles. The number of piperidine rings is 1. The van der Waals surface area contributed by atoms with Gasteiger partial charge in [0.2, 0.25) is 15.9 Å². The number of carbonyl (C=O) groups excluding carboxylic acids is 1. The predicted molar refractivity (Wildman–Crippen MR) is 110 cm³/mol. The van der Waals surface area contributed by atoms with Crippen LogP contribution in [0.3, 0.4) is 0 Å². The number of carbonyl (C=O) groups is 1. The van der Waals surface area contributed by atoms with Gasteiger partial charge in [-0.1, -0.05) is 6.07 Å². The number of H-pyrrole nitrogens is 1. The van der Waals surface area contributed by atoms with Gasteiger partial charge in [-0.25, -0.2) is 13.4 Å². The van der Waals surface area contributed by atoms with E-state index in [9.17, 15) is 18.0 Å². The van der Waals surface area contributed by atoms with E-state index in [0.29, 0.717) is 43.0 Å². The maximum absolute atomic E-state index is 12.6. The lowest BCUT2D eigenvalue weighted by molar-refractivity contribution is -0.131. The quantitative estimate of drug-likeness (QED) is 0.773. The Balaban J connectivity index is 1.51. The van der Waals surface area contributed by atoms with E-state index in [2.05, 4.69) is 9.97 Å². The average Bonchev–Trinajstić information content (AvgIpc) is 3.20. The number of likely N-dealkylation sites (tertiary alicyclic amines) is 1. The third kappa shape index (κ3) is 4.44. The van der Waals surface area contributed by atoms with Crippen LogP contribution in [0, 0.1) is 0 Å². The molecule has 2 aliphatic rings. The molecule has 2 aliphatic heterocycles. The van der Waals surface area contributed by atoms with Crippen molar-refractivity contribution in [1.29, 1.82) is 0 Å². The van der Waals surface area contributed by atoms with E-state index >= 15 is 0 Å². The van der Waals surface area contributed by atoms with Gasteiger partial charge in [-0.3, -0.25) is 9.59 Å². The number of sulfonamides is 1. The van der Waals surface area contributed by atoms with Crippen LogP contribution in [0.5, 0.6) is 0 Å². The maximum atomic E-state index is 12.6. The standard InChI is InChI=1S/C19H24N4O4S2/c1-29(26,27)23-8-6-16-15(12-23)19(25)21-18(20-16)13-4-2-7-22(11-13)17(24)10-14-5-3-9-28-14/h3,5,9,13H,2,4,6-8,10-12H2,1H3,(H,20,21,25). The van der Waals surface area contributed by atoms with E-state index in [4.69, 9.17) is 0 Å². The monoisotopic (exact) mass is 436 g/mol. The van der Waals surface area contributed by atoms with Gasteiger partial charge in [-0.2, -0.15) is 4.31 Å². The van der Waals surface area contributed by atoms with Gasteiger partial charge in [0, 0.05) is 43.4 Å². The van der Waals surface area contributed by atoms with Crippen molar-refractivity contribution >= 4 is 27.3 Å². The fraction of sp³-hybridized carbons (Fsp3) is 0.526. The summed E-state index contributed by atoms with van der Waals surface area (Å²) >= 11 is 1.58. The second-order valence-corrected chi connectivity index (χ2v) is 10.7. The lowest BCUT2D eigenvalue weighted by Gasteiger charge is -2.33. The fourth-order valence-corrected chi connectivity index (χ4v) is 5.48. The first-order chi connectivity index (χ1) is 13.8. The van der Waals surface area contributed by atoms with Crippen LogP contribution in [-0.4, -0.2) is 59.4 Å². The molecule has 10 heteroatoms. The molecule has 0 aliphatic carbocycles. The number of hydrogen-bond donors (Lipinski definition) is 1. The number of fused-ring (bicyclic) bond motifs is 1. The minimum Gasteiger partial charge on any atom is -0.342 e. The highest BCUT2D eigenvalue weighted by Gasteiger charge is 2.30. The molecule has 2 aromatic heterocycles. The second-order valence-electron chi connectivity index (χ2n) is 7.66. The molecular formula is C19H24N4O4S2. The Morgan fingerprint density at radius 2 is 2.21 bits per heavy atom. The normalized spacial score (nSPS) is 20.4. The van der Waals surface area contributed by atoms with E-state index < -0.39 is 10.0 Å². The highest BCUT2D eigenvalue weighted by atomic mass is 32.2. The van der Waals surface area contributed by atoms with Crippen LogP contribution in [0.15, 0.2) is 22.3 Å². The third-order valence-electron chi connectivity index (χ3n) is 5.59. The molecule has 8 nitrogen and oxygen atoms in total. The average molecular weight is 437 g/mol. The topological polar surface area (TPSA) is 103 Å². The molecule has 0 aromatic carbocycles. The highest BCUT2D eigenvalue weighted by molar-refractivity contribution is 7.88. The molecule has 0 radical (unpaired) electrons. The summed E-state index contributed by atoms with van der Waals surface area (Å²) in [5.41, 5.74) is 0.818. The Morgan fingerprint density at radius 3 is 2.93 bits per heavy atom. The van der Waals surface area contributed by atoms with Gasteiger partial charge < -0.3 is 9.88 Å². The molecule has 1 unspecified atom stereocenters. The minimum absolute atomic E-state index is 0.0121. The van der Waals surface area contributed by atoms with Crippen LogP contribution in [0.1, 0.15) is 40.7 Å². The zero-order valence-electron chi connectivity index (χ0n) is 16.3. The lowest BCUT2D eigenvalue weighted by Crippen LogP contribution is -2.42. The van der Waals surface area contributed by atoms with Crippen molar-refractivity contribution in [2.24, 2.45) is 0 Å². The number of amides is 1. The molecule has 0 saturated carbocycles. The van der Waals surface area contributed by atoms with E-state index in [1.807, 2.05) is 22.4 Å². The largest absolute Gasteiger partial charge is 0.342 e.